The minimum absolute atomic E-state index is 0.0116. The number of aliphatic hydroxyl groups is 1. The van der Waals surface area contributed by atoms with E-state index >= 15 is 0 Å². The standard InChI is InChI=1S/C36H48N2O8/c1-23-14-13-17-27-20-28(39)21-30(34(27)42)38-32(40)22-29(45-4)18-11-6-5-7-12-19-31(24(2)33(23)41)46-36(44)25(3)37-35(43)26-15-9-8-10-16-26/h5-7,11-12,14-15,18,20-21,24-25,29,31,33,39,41-42H,8-10,13,16-17,19,22H2,1-4H3,(H,37,43)(H,38,40)/t24-,25+,29-,31-,33-/m0/s1. The third-order valence-corrected chi connectivity index (χ3v) is 8.28. The molecule has 2 bridgehead atoms. The lowest BCUT2D eigenvalue weighted by atomic mass is 9.90. The van der Waals surface area contributed by atoms with Crippen LogP contribution in [0, 0.1) is 5.92 Å². The van der Waals surface area contributed by atoms with Crippen LogP contribution < -0.4 is 10.6 Å². The highest BCUT2D eigenvalue weighted by atomic mass is 16.5. The fraction of sp³-hybridized carbons (Fsp3) is 0.472. The summed E-state index contributed by atoms with van der Waals surface area (Å²) >= 11 is 0. The van der Waals surface area contributed by atoms with Crippen molar-refractivity contribution in [1.82, 2.24) is 5.32 Å². The largest absolute Gasteiger partial charge is 0.508 e. The quantitative estimate of drug-likeness (QED) is 0.126. The second kappa shape index (κ2) is 18.1. The Hall–Kier alpha value is -4.15. The summed E-state index contributed by atoms with van der Waals surface area (Å²) < 4.78 is 11.3. The zero-order valence-electron chi connectivity index (χ0n) is 27.2. The monoisotopic (exact) mass is 636 g/mol. The molecule has 0 saturated carbocycles. The number of aliphatic hydroxyl groups excluding tert-OH is 1. The number of nitrogens with one attached hydrogen (secondary N) is 2. The first kappa shape index (κ1) is 36.3. The average Bonchev–Trinajstić information content (AvgIpc) is 3.04. The Morgan fingerprint density at radius 1 is 1.04 bits per heavy atom. The predicted octanol–water partition coefficient (Wildman–Crippen LogP) is 5.31. The van der Waals surface area contributed by atoms with Gasteiger partial charge in [-0.15, -0.1) is 0 Å². The Kier molecular flexibility index (Phi) is 14.3. The molecule has 0 spiro atoms. The molecule has 0 aromatic heterocycles. The van der Waals surface area contributed by atoms with Crippen molar-refractivity contribution >= 4 is 23.5 Å². The molecular formula is C36H48N2O8. The molecule has 0 unspecified atom stereocenters. The van der Waals surface area contributed by atoms with E-state index in [-0.39, 0.29) is 29.5 Å². The molecule has 250 valence electrons. The number of allylic oxidation sites excluding steroid dienone is 6. The molecule has 5 atom stereocenters. The Bertz CT molecular complexity index is 1380. The Morgan fingerprint density at radius 2 is 1.80 bits per heavy atom. The molecule has 46 heavy (non-hydrogen) atoms. The lowest BCUT2D eigenvalue weighted by Crippen LogP contribution is -2.43. The van der Waals surface area contributed by atoms with Crippen LogP contribution in [0.5, 0.6) is 11.5 Å². The Balaban J connectivity index is 1.83. The van der Waals surface area contributed by atoms with Gasteiger partial charge < -0.3 is 35.4 Å². The topological polar surface area (TPSA) is 154 Å². The normalized spacial score (nSPS) is 24.1. The molecule has 1 aromatic carbocycles. The number of carbonyl (C=O) groups excluding carboxylic acids is 3. The number of aromatic hydroxyl groups is 2. The maximum atomic E-state index is 13.1. The van der Waals surface area contributed by atoms with Crippen molar-refractivity contribution in [3.63, 3.8) is 0 Å². The maximum absolute atomic E-state index is 13.1. The molecule has 0 fully saturated rings. The second-order valence-electron chi connectivity index (χ2n) is 11.9. The first-order chi connectivity index (χ1) is 22.0. The van der Waals surface area contributed by atoms with Gasteiger partial charge in [0.15, 0.2) is 0 Å². The minimum atomic E-state index is -0.949. The van der Waals surface area contributed by atoms with Gasteiger partial charge in [0, 0.05) is 31.1 Å². The Morgan fingerprint density at radius 3 is 2.52 bits per heavy atom. The molecule has 0 radical (unpaired) electrons. The number of carbonyl (C=O) groups is 3. The van der Waals surface area contributed by atoms with Gasteiger partial charge in [0.25, 0.3) is 0 Å². The first-order valence-electron chi connectivity index (χ1n) is 15.9. The van der Waals surface area contributed by atoms with Crippen LogP contribution in [-0.4, -0.2) is 64.6 Å². The number of esters is 1. The molecular weight excluding hydrogens is 588 g/mol. The van der Waals surface area contributed by atoms with E-state index in [1.165, 1.54) is 19.2 Å². The van der Waals surface area contributed by atoms with Gasteiger partial charge in [-0.2, -0.15) is 0 Å². The minimum Gasteiger partial charge on any atom is -0.508 e. The number of methoxy groups -OCH3 is 1. The van der Waals surface area contributed by atoms with E-state index in [1.807, 2.05) is 18.2 Å². The number of amides is 2. The van der Waals surface area contributed by atoms with Crippen molar-refractivity contribution in [1.29, 1.82) is 0 Å². The summed E-state index contributed by atoms with van der Waals surface area (Å²) in [7, 11) is 1.49. The molecule has 2 amide bonds. The van der Waals surface area contributed by atoms with E-state index in [2.05, 4.69) is 10.6 Å². The van der Waals surface area contributed by atoms with Crippen LogP contribution in [0.25, 0.3) is 0 Å². The van der Waals surface area contributed by atoms with Crippen molar-refractivity contribution in [2.75, 3.05) is 12.4 Å². The summed E-state index contributed by atoms with van der Waals surface area (Å²) in [6.45, 7) is 5.17. The molecule has 10 nitrogen and oxygen atoms in total. The zero-order chi connectivity index (χ0) is 33.6. The number of rotatable bonds is 5. The molecule has 3 rings (SSSR count). The fourth-order valence-electron chi connectivity index (χ4n) is 5.39. The summed E-state index contributed by atoms with van der Waals surface area (Å²) in [4.78, 5) is 38.5. The summed E-state index contributed by atoms with van der Waals surface area (Å²) in [6, 6.07) is 1.85. The van der Waals surface area contributed by atoms with Crippen molar-refractivity contribution in [3.05, 3.63) is 77.5 Å². The van der Waals surface area contributed by atoms with Crippen LogP contribution >= 0.6 is 0 Å². The molecule has 1 aliphatic carbocycles. The fourth-order valence-corrected chi connectivity index (χ4v) is 5.39. The van der Waals surface area contributed by atoms with Gasteiger partial charge in [0.2, 0.25) is 11.8 Å². The van der Waals surface area contributed by atoms with Gasteiger partial charge in [-0.05, 0) is 69.6 Å². The maximum Gasteiger partial charge on any atom is 0.328 e. The van der Waals surface area contributed by atoms with Crippen molar-refractivity contribution in [2.24, 2.45) is 5.92 Å². The SMILES string of the molecule is CO[C@H]1C=CC=CC=CC[C@H](OC(=O)[C@@H](C)NC(=O)C2=CCCCC2)[C@H](C)[C@@H](O)C(C)=CCCc2cc(O)cc(c2O)NC(=O)C1. The second-order valence-corrected chi connectivity index (χ2v) is 11.9. The van der Waals surface area contributed by atoms with Crippen LogP contribution in [0.1, 0.15) is 71.3 Å². The van der Waals surface area contributed by atoms with E-state index in [1.54, 1.807) is 51.2 Å². The third kappa shape index (κ3) is 11.0. The number of benzene rings is 1. The number of aryl methyl sites for hydroxylation is 1. The van der Waals surface area contributed by atoms with Gasteiger partial charge in [0.05, 0.1) is 24.3 Å². The van der Waals surface area contributed by atoms with Crippen molar-refractivity contribution < 1.29 is 39.2 Å². The van der Waals surface area contributed by atoms with Crippen LogP contribution in [0.4, 0.5) is 5.69 Å². The van der Waals surface area contributed by atoms with E-state index in [0.29, 0.717) is 42.4 Å². The lowest BCUT2D eigenvalue weighted by molar-refractivity contribution is -0.156. The summed E-state index contributed by atoms with van der Waals surface area (Å²) in [6.07, 6.45) is 16.8. The van der Waals surface area contributed by atoms with Crippen LogP contribution in [0.3, 0.4) is 0 Å². The third-order valence-electron chi connectivity index (χ3n) is 8.28. The van der Waals surface area contributed by atoms with Gasteiger partial charge >= 0.3 is 5.97 Å². The molecule has 5 N–H and O–H groups in total. The number of anilines is 1. The zero-order valence-corrected chi connectivity index (χ0v) is 27.2. The number of ether oxygens (including phenoxy) is 2. The predicted molar refractivity (Wildman–Crippen MR) is 177 cm³/mol. The van der Waals surface area contributed by atoms with Crippen LogP contribution in [0.2, 0.25) is 0 Å². The number of phenolic OH excluding ortho intramolecular Hbond substituents is 2. The molecule has 1 aromatic rings. The highest BCUT2D eigenvalue weighted by molar-refractivity contribution is 5.96. The number of phenols is 2. The van der Waals surface area contributed by atoms with E-state index in [4.69, 9.17) is 9.47 Å². The van der Waals surface area contributed by atoms with Crippen LogP contribution in [0.15, 0.2) is 71.9 Å². The number of fused-ring (bicyclic) bond motifs is 2. The summed E-state index contributed by atoms with van der Waals surface area (Å²) in [5.41, 5.74) is 1.86. The van der Waals surface area contributed by atoms with Crippen molar-refractivity contribution in [2.45, 2.75) is 96.5 Å². The van der Waals surface area contributed by atoms with Crippen molar-refractivity contribution in [3.8, 4) is 11.5 Å². The van der Waals surface area contributed by atoms with Crippen LogP contribution in [-0.2, 0) is 30.3 Å². The van der Waals surface area contributed by atoms with E-state index < -0.39 is 42.1 Å². The highest BCUT2D eigenvalue weighted by Crippen LogP contribution is 2.34. The first-order valence-corrected chi connectivity index (χ1v) is 15.9. The smallest absolute Gasteiger partial charge is 0.328 e. The lowest BCUT2D eigenvalue weighted by Gasteiger charge is -2.29. The van der Waals surface area contributed by atoms with E-state index in [0.717, 1.165) is 19.3 Å². The molecule has 2 aliphatic rings. The number of hydrogen-bond acceptors (Lipinski definition) is 8. The highest BCUT2D eigenvalue weighted by Gasteiger charge is 2.30. The van der Waals surface area contributed by atoms with Gasteiger partial charge in [0.1, 0.15) is 23.6 Å². The molecule has 0 saturated heterocycles. The van der Waals surface area contributed by atoms with E-state index in [9.17, 15) is 29.7 Å². The van der Waals surface area contributed by atoms with Gasteiger partial charge in [-0.25, -0.2) is 4.79 Å². The van der Waals surface area contributed by atoms with Gasteiger partial charge in [-0.3, -0.25) is 9.59 Å². The number of hydrogen-bond donors (Lipinski definition) is 5. The Labute approximate surface area is 271 Å². The summed E-state index contributed by atoms with van der Waals surface area (Å²) in [5.74, 6) is -2.00. The molecule has 10 heteroatoms. The molecule has 1 aliphatic heterocycles. The average molecular weight is 637 g/mol. The molecule has 1 heterocycles. The summed E-state index contributed by atoms with van der Waals surface area (Å²) in [5, 5.41) is 37.7. The van der Waals surface area contributed by atoms with Gasteiger partial charge in [-0.1, -0.05) is 55.5 Å².